The minimum Gasteiger partial charge on any atom is -0.379 e. The lowest BCUT2D eigenvalue weighted by atomic mass is 9.79. The maximum Gasteiger partial charge on any atom is 0.223 e. The maximum atomic E-state index is 12.8. The molecular formula is C23H35ClN2O2. The minimum atomic E-state index is 0.172. The molecule has 1 saturated heterocycles. The van der Waals surface area contributed by atoms with Gasteiger partial charge in [-0.1, -0.05) is 49.9 Å². The van der Waals surface area contributed by atoms with Crippen LogP contribution in [0.1, 0.15) is 63.5 Å². The number of hydrogen-bond acceptors (Lipinski definition) is 3. The largest absolute Gasteiger partial charge is 0.379 e. The zero-order chi connectivity index (χ0) is 19.8. The number of benzene rings is 1. The van der Waals surface area contributed by atoms with Gasteiger partial charge in [0.05, 0.1) is 19.3 Å². The number of rotatable bonds is 8. The summed E-state index contributed by atoms with van der Waals surface area (Å²) in [6.07, 6.45) is 8.44. The fourth-order valence-corrected chi connectivity index (χ4v) is 4.71. The van der Waals surface area contributed by atoms with Crippen molar-refractivity contribution in [1.29, 1.82) is 0 Å². The molecule has 1 saturated carbocycles. The van der Waals surface area contributed by atoms with Crippen LogP contribution < -0.4 is 5.32 Å². The van der Waals surface area contributed by atoms with Gasteiger partial charge in [-0.15, -0.1) is 0 Å². The van der Waals surface area contributed by atoms with Crippen molar-refractivity contribution in [1.82, 2.24) is 10.2 Å². The lowest BCUT2D eigenvalue weighted by Crippen LogP contribution is -2.45. The average molecular weight is 407 g/mol. The Morgan fingerprint density at radius 3 is 2.50 bits per heavy atom. The number of nitrogens with one attached hydrogen (secondary N) is 1. The first kappa shape index (κ1) is 21.6. The molecule has 2 aliphatic rings. The highest BCUT2D eigenvalue weighted by Crippen LogP contribution is 2.32. The van der Waals surface area contributed by atoms with Gasteiger partial charge in [0.15, 0.2) is 0 Å². The van der Waals surface area contributed by atoms with Crippen molar-refractivity contribution in [2.45, 2.75) is 57.9 Å². The zero-order valence-corrected chi connectivity index (χ0v) is 17.9. The summed E-state index contributed by atoms with van der Waals surface area (Å²) in [6, 6.07) is 8.19. The molecule has 1 aromatic carbocycles. The van der Waals surface area contributed by atoms with Gasteiger partial charge < -0.3 is 10.1 Å². The van der Waals surface area contributed by atoms with Gasteiger partial charge in [-0.05, 0) is 49.3 Å². The first-order valence-electron chi connectivity index (χ1n) is 11.0. The molecule has 5 heteroatoms. The van der Waals surface area contributed by atoms with E-state index in [-0.39, 0.29) is 17.9 Å². The molecule has 1 amide bonds. The zero-order valence-electron chi connectivity index (χ0n) is 17.2. The number of carbonyl (C=O) groups is 1. The average Bonchev–Trinajstić information content (AvgIpc) is 2.74. The highest BCUT2D eigenvalue weighted by Gasteiger charge is 2.28. The van der Waals surface area contributed by atoms with E-state index in [9.17, 15) is 4.79 Å². The summed E-state index contributed by atoms with van der Waals surface area (Å²) in [5.41, 5.74) is 1.20. The van der Waals surface area contributed by atoms with E-state index in [1.807, 2.05) is 12.1 Å². The van der Waals surface area contributed by atoms with Crippen LogP contribution in [0.15, 0.2) is 24.3 Å². The molecule has 1 aromatic rings. The van der Waals surface area contributed by atoms with E-state index in [4.69, 9.17) is 16.3 Å². The van der Waals surface area contributed by atoms with Crippen LogP contribution in [0.2, 0.25) is 5.02 Å². The van der Waals surface area contributed by atoms with Crippen LogP contribution in [0.4, 0.5) is 0 Å². The number of amides is 1. The standard InChI is InChI=1S/C23H35ClN2O2/c1-2-3-4-18-5-7-20(8-6-18)23(27)25-17-22(26-13-15-28-16-14-26)19-9-11-21(24)12-10-19/h9-12,18,20,22H,2-8,13-17H2,1H3,(H,25,27)/t18?,20?,22-/m1/s1. The molecule has 0 radical (unpaired) electrons. The lowest BCUT2D eigenvalue weighted by Gasteiger charge is -2.35. The van der Waals surface area contributed by atoms with Crippen molar-refractivity contribution in [3.05, 3.63) is 34.9 Å². The summed E-state index contributed by atoms with van der Waals surface area (Å²) < 4.78 is 5.51. The van der Waals surface area contributed by atoms with E-state index in [1.54, 1.807) is 0 Å². The number of carbonyl (C=O) groups excluding carboxylic acids is 1. The topological polar surface area (TPSA) is 41.6 Å². The summed E-state index contributed by atoms with van der Waals surface area (Å²) in [4.78, 5) is 15.2. The molecule has 1 N–H and O–H groups in total. The van der Waals surface area contributed by atoms with E-state index in [0.29, 0.717) is 6.54 Å². The number of nitrogens with zero attached hydrogens (tertiary/aromatic N) is 1. The van der Waals surface area contributed by atoms with Crippen LogP contribution in [-0.4, -0.2) is 43.7 Å². The predicted molar refractivity (Wildman–Crippen MR) is 115 cm³/mol. The SMILES string of the molecule is CCCCC1CCC(C(=O)NC[C@H](c2ccc(Cl)cc2)N2CCOCC2)CC1. The third-order valence-electron chi connectivity index (χ3n) is 6.39. The molecule has 0 aromatic heterocycles. The Labute approximate surface area is 175 Å². The van der Waals surface area contributed by atoms with Crippen LogP contribution in [0.5, 0.6) is 0 Å². The van der Waals surface area contributed by atoms with Crippen LogP contribution in [-0.2, 0) is 9.53 Å². The molecule has 0 spiro atoms. The Balaban J connectivity index is 1.54. The number of halogens is 1. The van der Waals surface area contributed by atoms with Gasteiger partial charge in [-0.25, -0.2) is 0 Å². The molecule has 0 unspecified atom stereocenters. The van der Waals surface area contributed by atoms with Gasteiger partial charge in [0.2, 0.25) is 5.91 Å². The third-order valence-corrected chi connectivity index (χ3v) is 6.65. The highest BCUT2D eigenvalue weighted by atomic mass is 35.5. The van der Waals surface area contributed by atoms with E-state index >= 15 is 0 Å². The molecule has 1 aliphatic carbocycles. The first-order chi connectivity index (χ1) is 13.7. The Morgan fingerprint density at radius 2 is 1.86 bits per heavy atom. The monoisotopic (exact) mass is 406 g/mol. The summed E-state index contributed by atoms with van der Waals surface area (Å²) in [5, 5.41) is 4.01. The van der Waals surface area contributed by atoms with Crippen molar-refractivity contribution in [3.8, 4) is 0 Å². The van der Waals surface area contributed by atoms with Gasteiger partial charge in [-0.3, -0.25) is 9.69 Å². The second-order valence-corrected chi connectivity index (χ2v) is 8.76. The summed E-state index contributed by atoms with van der Waals surface area (Å²) in [5.74, 6) is 1.26. The molecule has 2 fully saturated rings. The predicted octanol–water partition coefficient (Wildman–Crippen LogP) is 4.83. The van der Waals surface area contributed by atoms with Gasteiger partial charge in [0.25, 0.3) is 0 Å². The molecule has 1 heterocycles. The second-order valence-electron chi connectivity index (χ2n) is 8.32. The highest BCUT2D eigenvalue weighted by molar-refractivity contribution is 6.30. The number of ether oxygens (including phenoxy) is 1. The molecule has 156 valence electrons. The van der Waals surface area contributed by atoms with E-state index in [1.165, 1.54) is 37.7 Å². The van der Waals surface area contributed by atoms with Crippen LogP contribution >= 0.6 is 11.6 Å². The van der Waals surface area contributed by atoms with Crippen LogP contribution in [0, 0.1) is 11.8 Å². The number of unbranched alkanes of at least 4 members (excludes halogenated alkanes) is 1. The van der Waals surface area contributed by atoms with E-state index in [0.717, 1.165) is 50.1 Å². The Hall–Kier alpha value is -1.10. The van der Waals surface area contributed by atoms with Gasteiger partial charge in [0, 0.05) is 30.6 Å². The van der Waals surface area contributed by atoms with Gasteiger partial charge in [-0.2, -0.15) is 0 Å². The smallest absolute Gasteiger partial charge is 0.223 e. The number of hydrogen-bond donors (Lipinski definition) is 1. The molecule has 4 nitrogen and oxygen atoms in total. The summed E-state index contributed by atoms with van der Waals surface area (Å²) >= 11 is 6.07. The summed E-state index contributed by atoms with van der Waals surface area (Å²) in [7, 11) is 0. The van der Waals surface area contributed by atoms with Crippen molar-refractivity contribution < 1.29 is 9.53 Å². The fraction of sp³-hybridized carbons (Fsp3) is 0.696. The molecule has 0 bridgehead atoms. The van der Waals surface area contributed by atoms with E-state index < -0.39 is 0 Å². The van der Waals surface area contributed by atoms with Gasteiger partial charge >= 0.3 is 0 Å². The van der Waals surface area contributed by atoms with Gasteiger partial charge in [0.1, 0.15) is 0 Å². The minimum absolute atomic E-state index is 0.172. The quantitative estimate of drug-likeness (QED) is 0.672. The Bertz CT molecular complexity index is 593. The van der Waals surface area contributed by atoms with Crippen molar-refractivity contribution in [3.63, 3.8) is 0 Å². The van der Waals surface area contributed by atoms with Crippen LogP contribution in [0.3, 0.4) is 0 Å². The van der Waals surface area contributed by atoms with Crippen molar-refractivity contribution in [2.24, 2.45) is 11.8 Å². The fourth-order valence-electron chi connectivity index (χ4n) is 4.58. The van der Waals surface area contributed by atoms with Crippen molar-refractivity contribution >= 4 is 17.5 Å². The second kappa shape index (κ2) is 11.2. The molecule has 1 aliphatic heterocycles. The molecular weight excluding hydrogens is 372 g/mol. The Kier molecular flexibility index (Phi) is 8.63. The molecule has 1 atom stereocenters. The molecule has 28 heavy (non-hydrogen) atoms. The lowest BCUT2D eigenvalue weighted by molar-refractivity contribution is -0.126. The number of morpholine rings is 1. The van der Waals surface area contributed by atoms with Crippen LogP contribution in [0.25, 0.3) is 0 Å². The molecule has 3 rings (SSSR count). The third kappa shape index (κ3) is 6.20. The first-order valence-corrected chi connectivity index (χ1v) is 11.4. The van der Waals surface area contributed by atoms with Crippen molar-refractivity contribution in [2.75, 3.05) is 32.8 Å². The summed E-state index contributed by atoms with van der Waals surface area (Å²) in [6.45, 7) is 6.19. The van der Waals surface area contributed by atoms with E-state index in [2.05, 4.69) is 29.3 Å². The Morgan fingerprint density at radius 1 is 1.18 bits per heavy atom. The normalized spacial score (nSPS) is 24.6. The maximum absolute atomic E-state index is 12.8.